The van der Waals surface area contributed by atoms with E-state index in [4.69, 9.17) is 28.2 Å². The van der Waals surface area contributed by atoms with Gasteiger partial charge in [0.25, 0.3) is 5.56 Å². The fraction of sp³-hybridized carbons (Fsp3) is 0.333. The quantitative estimate of drug-likeness (QED) is 0.0805. The second-order valence-corrected chi connectivity index (χ2v) is 14.5. The third-order valence-electron chi connectivity index (χ3n) is 9.36. The van der Waals surface area contributed by atoms with Crippen LogP contribution in [0.25, 0.3) is 11.2 Å². The van der Waals surface area contributed by atoms with Crippen molar-refractivity contribution >= 4 is 42.5 Å². The van der Waals surface area contributed by atoms with Gasteiger partial charge in [-0.1, -0.05) is 68.4 Å². The molecular formula is C36H37N5O9PS+. The predicted octanol–water partition coefficient (Wildman–Crippen LogP) is 5.38. The second-order valence-electron chi connectivity index (χ2n) is 12.8. The molecule has 0 aliphatic carbocycles. The number of rotatable bonds is 13. The summed E-state index contributed by atoms with van der Waals surface area (Å²) in [5, 5.41) is 2.63. The molecule has 52 heavy (non-hydrogen) atoms. The number of imidazole rings is 1. The van der Waals surface area contributed by atoms with E-state index in [1.165, 1.54) is 6.33 Å². The molecule has 2 aliphatic heterocycles. The van der Waals surface area contributed by atoms with Gasteiger partial charge < -0.3 is 23.7 Å². The van der Waals surface area contributed by atoms with Gasteiger partial charge in [-0.2, -0.15) is 4.98 Å². The van der Waals surface area contributed by atoms with Crippen LogP contribution < -0.4 is 20.3 Å². The smallest absolute Gasteiger partial charge is 0.497 e. The molecule has 5 aromatic rings. The van der Waals surface area contributed by atoms with Gasteiger partial charge in [0.1, 0.15) is 35.5 Å². The Labute approximate surface area is 304 Å². The molecule has 4 heterocycles. The van der Waals surface area contributed by atoms with Gasteiger partial charge in [-0.05, 0) is 45.5 Å². The van der Waals surface area contributed by atoms with Crippen LogP contribution in [0.2, 0.25) is 0 Å². The van der Waals surface area contributed by atoms with Crippen LogP contribution in [0.1, 0.15) is 36.8 Å². The van der Waals surface area contributed by atoms with E-state index < -0.39 is 42.4 Å². The van der Waals surface area contributed by atoms with Crippen LogP contribution in [0.3, 0.4) is 0 Å². The van der Waals surface area contributed by atoms with E-state index in [1.54, 1.807) is 32.6 Å². The molecule has 2 fully saturated rings. The van der Waals surface area contributed by atoms with E-state index in [1.807, 2.05) is 78.9 Å². The molecule has 0 radical (unpaired) electrons. The standard InChI is InChI=1S/C36H36N5O9PS/c1-21(2)31(42)39-34-38-30-27(32(43)40-34)37-20-41(30)33-28-29(50-51(44)52)35(49-33,18-47-28)19-48-36(22-8-6-5-7-9-22,23-10-14-25(45-3)15-11-23)24-12-16-26(46-4)17-13-24/h5-17,20-21,28-29,33H,18-19H2,1-4H3,(H2-,38,39,40,42,43,44,52)/p+1/t28?,29?,33-,35-/m1/s1. The fourth-order valence-electron chi connectivity index (χ4n) is 6.71. The molecule has 2 aromatic heterocycles. The summed E-state index contributed by atoms with van der Waals surface area (Å²) in [5.41, 5.74) is -0.487. The molecular weight excluding hydrogens is 709 g/mol. The lowest BCUT2D eigenvalue weighted by Gasteiger charge is -2.39. The third-order valence-corrected chi connectivity index (χ3v) is 10.0. The van der Waals surface area contributed by atoms with Crippen molar-refractivity contribution in [1.82, 2.24) is 19.5 Å². The third kappa shape index (κ3) is 6.37. The van der Waals surface area contributed by atoms with Gasteiger partial charge in [-0.15, -0.1) is 4.52 Å². The molecule has 0 spiro atoms. The number of ether oxygens (including phenoxy) is 5. The van der Waals surface area contributed by atoms with Gasteiger partial charge in [-0.3, -0.25) is 24.5 Å². The van der Waals surface area contributed by atoms with Crippen LogP contribution >= 0.6 is 19.5 Å². The number of anilines is 1. The van der Waals surface area contributed by atoms with Crippen molar-refractivity contribution in [3.8, 4) is 11.5 Å². The number of thiol groups is 1. The van der Waals surface area contributed by atoms with Gasteiger partial charge in [0, 0.05) is 5.92 Å². The van der Waals surface area contributed by atoms with Crippen molar-refractivity contribution < 1.29 is 37.6 Å². The highest BCUT2D eigenvalue weighted by Crippen LogP contribution is 2.52. The van der Waals surface area contributed by atoms with E-state index in [0.29, 0.717) is 11.5 Å². The number of benzene rings is 3. The van der Waals surface area contributed by atoms with E-state index >= 15 is 0 Å². The lowest BCUT2D eigenvalue weighted by atomic mass is 9.79. The van der Waals surface area contributed by atoms with Gasteiger partial charge in [0.2, 0.25) is 11.9 Å². The number of hydrogen-bond donors (Lipinski definition) is 3. The first-order valence-electron chi connectivity index (χ1n) is 16.5. The van der Waals surface area contributed by atoms with Crippen molar-refractivity contribution in [2.75, 3.05) is 32.8 Å². The van der Waals surface area contributed by atoms with E-state index in [2.05, 4.69) is 32.5 Å². The number of nitrogens with one attached hydrogen (secondary N) is 2. The zero-order valence-corrected chi connectivity index (χ0v) is 30.5. The summed E-state index contributed by atoms with van der Waals surface area (Å²) in [6, 6.07) is 25.0. The summed E-state index contributed by atoms with van der Waals surface area (Å²) in [6.45, 7) is 3.37. The molecule has 2 aliphatic rings. The van der Waals surface area contributed by atoms with E-state index in [0.717, 1.165) is 16.7 Å². The number of aromatic nitrogens is 4. The summed E-state index contributed by atoms with van der Waals surface area (Å²) >= 11 is 4.09. The first kappa shape index (κ1) is 35.8. The van der Waals surface area contributed by atoms with E-state index in [-0.39, 0.29) is 42.2 Å². The highest BCUT2D eigenvalue weighted by atomic mass is 32.7. The Kier molecular flexibility index (Phi) is 9.91. The Hall–Kier alpha value is -4.63. The van der Waals surface area contributed by atoms with Crippen molar-refractivity contribution in [3.63, 3.8) is 0 Å². The number of methoxy groups -OCH3 is 2. The minimum absolute atomic E-state index is 0.0269. The Morgan fingerprint density at radius 1 is 1.04 bits per heavy atom. The van der Waals surface area contributed by atoms with Crippen molar-refractivity contribution in [1.29, 1.82) is 0 Å². The molecule has 1 amide bonds. The number of nitrogens with zero attached hydrogens (tertiary/aromatic N) is 3. The average molecular weight is 747 g/mol. The molecule has 7 rings (SSSR count). The Balaban J connectivity index is 1.31. The van der Waals surface area contributed by atoms with Gasteiger partial charge in [0.05, 0.1) is 33.8 Å². The Bertz CT molecular complexity index is 2100. The molecule has 2 N–H and O–H groups in total. The minimum atomic E-state index is -2.42. The molecule has 3 unspecified atom stereocenters. The van der Waals surface area contributed by atoms with Crippen LogP contribution in [-0.4, -0.2) is 70.7 Å². The summed E-state index contributed by atoms with van der Waals surface area (Å²) in [5.74, 6) is 0.619. The minimum Gasteiger partial charge on any atom is -0.497 e. The lowest BCUT2D eigenvalue weighted by molar-refractivity contribution is -0.201. The maximum atomic E-state index is 13.0. The van der Waals surface area contributed by atoms with Crippen LogP contribution in [0.4, 0.5) is 5.95 Å². The molecule has 270 valence electrons. The highest BCUT2D eigenvalue weighted by Gasteiger charge is 2.67. The molecule has 2 saturated heterocycles. The van der Waals surface area contributed by atoms with Crippen molar-refractivity contribution in [2.24, 2.45) is 5.92 Å². The van der Waals surface area contributed by atoms with Crippen LogP contribution in [0.5, 0.6) is 11.5 Å². The summed E-state index contributed by atoms with van der Waals surface area (Å²) in [4.78, 5) is 36.8. The maximum Gasteiger partial charge on any atom is 0.582 e. The second kappa shape index (κ2) is 14.4. The van der Waals surface area contributed by atoms with Crippen LogP contribution in [-0.2, 0) is 33.7 Å². The van der Waals surface area contributed by atoms with Crippen molar-refractivity contribution in [2.45, 2.75) is 43.5 Å². The molecule has 14 nitrogen and oxygen atoms in total. The average Bonchev–Trinajstić information content (AvgIpc) is 3.82. The molecule has 0 saturated carbocycles. The predicted molar refractivity (Wildman–Crippen MR) is 194 cm³/mol. The number of fused-ring (bicyclic) bond motifs is 3. The zero-order chi connectivity index (χ0) is 36.6. The van der Waals surface area contributed by atoms with Crippen LogP contribution in [0, 0.1) is 5.92 Å². The SMILES string of the molecule is COc1ccc(C(OC[C@]23COC(C2O[P+](=O)S)[C@H](n2cnc4c(=O)[nH]c(NC(=O)C(C)C)nc42)O3)(c2ccccc2)c2ccc(OC)cc2)cc1. The highest BCUT2D eigenvalue weighted by molar-refractivity contribution is 8.39. The van der Waals surface area contributed by atoms with Crippen LogP contribution in [0.15, 0.2) is 90.0 Å². The first-order valence-corrected chi connectivity index (χ1v) is 18.8. The molecule has 16 heteroatoms. The Morgan fingerprint density at radius 2 is 1.65 bits per heavy atom. The number of hydrogen-bond acceptors (Lipinski definition) is 11. The van der Waals surface area contributed by atoms with Gasteiger partial charge >= 0.3 is 7.23 Å². The number of aromatic amines is 1. The van der Waals surface area contributed by atoms with Gasteiger partial charge in [-0.25, -0.2) is 4.98 Å². The number of carbonyl (C=O) groups is 1. The van der Waals surface area contributed by atoms with E-state index in [9.17, 15) is 14.2 Å². The fourth-order valence-corrected chi connectivity index (χ4v) is 7.52. The Morgan fingerprint density at radius 3 is 2.23 bits per heavy atom. The van der Waals surface area contributed by atoms with Gasteiger partial charge in [0.15, 0.2) is 29.1 Å². The zero-order valence-electron chi connectivity index (χ0n) is 28.7. The first-order chi connectivity index (χ1) is 25.1. The molecule has 3 aromatic carbocycles. The molecule has 5 atom stereocenters. The summed E-state index contributed by atoms with van der Waals surface area (Å²) in [7, 11) is 0.790. The number of amides is 1. The normalized spacial score (nSPS) is 21.4. The topological polar surface area (TPSA) is 165 Å². The molecule has 2 bridgehead atoms. The monoisotopic (exact) mass is 746 g/mol. The van der Waals surface area contributed by atoms with Crippen molar-refractivity contribution in [3.05, 3.63) is 112 Å². The largest absolute Gasteiger partial charge is 0.582 e. The lowest BCUT2D eigenvalue weighted by Crippen LogP contribution is -2.48. The summed E-state index contributed by atoms with van der Waals surface area (Å²) < 4.78 is 51.3. The number of carbonyl (C=O) groups excluding carboxylic acids is 1. The summed E-state index contributed by atoms with van der Waals surface area (Å²) in [6.07, 6.45) is -1.27. The maximum absolute atomic E-state index is 13.0. The number of H-pyrrole nitrogens is 1.